The van der Waals surface area contributed by atoms with Crippen LogP contribution in [0.3, 0.4) is 0 Å². The van der Waals surface area contributed by atoms with Gasteiger partial charge in [0.15, 0.2) is 0 Å². The predicted octanol–water partition coefficient (Wildman–Crippen LogP) is -0.0274. The maximum Gasteiger partial charge on any atom is 0.223 e. The molecule has 1 amide bonds. The van der Waals surface area contributed by atoms with Gasteiger partial charge in [0.2, 0.25) is 5.91 Å². The van der Waals surface area contributed by atoms with Crippen molar-refractivity contribution in [2.75, 3.05) is 26.3 Å². The highest BCUT2D eigenvalue weighted by atomic mass is 16.5. The number of hydrogen-bond donors (Lipinski definition) is 1. The number of morpholine rings is 1. The first kappa shape index (κ1) is 10.5. The number of nitrogens with two attached hydrogens (primary N) is 1. The lowest BCUT2D eigenvalue weighted by Crippen LogP contribution is -2.51. The molecule has 0 aliphatic carbocycles. The summed E-state index contributed by atoms with van der Waals surface area (Å²) in [6.07, 6.45) is 1.52. The van der Waals surface area contributed by atoms with Gasteiger partial charge in [0.1, 0.15) is 0 Å². The zero-order valence-corrected chi connectivity index (χ0v) is 8.16. The van der Waals surface area contributed by atoms with Gasteiger partial charge >= 0.3 is 0 Å². The Labute approximate surface area is 79.0 Å². The fraction of sp³-hybridized carbons (Fsp3) is 0.889. The lowest BCUT2D eigenvalue weighted by Gasteiger charge is -2.34. The fourth-order valence-electron chi connectivity index (χ4n) is 1.54. The summed E-state index contributed by atoms with van der Waals surface area (Å²) >= 11 is 0. The molecule has 4 nitrogen and oxygen atoms in total. The second kappa shape index (κ2) is 5.19. The lowest BCUT2D eigenvalue weighted by atomic mass is 10.2. The van der Waals surface area contributed by atoms with Gasteiger partial charge in [0, 0.05) is 19.5 Å². The molecule has 13 heavy (non-hydrogen) atoms. The van der Waals surface area contributed by atoms with Crippen molar-refractivity contribution in [1.29, 1.82) is 0 Å². The van der Waals surface area contributed by atoms with Crippen LogP contribution in [0.4, 0.5) is 0 Å². The first-order valence-electron chi connectivity index (χ1n) is 4.86. The average molecular weight is 186 g/mol. The van der Waals surface area contributed by atoms with Gasteiger partial charge in [-0.25, -0.2) is 0 Å². The van der Waals surface area contributed by atoms with E-state index >= 15 is 0 Å². The van der Waals surface area contributed by atoms with Gasteiger partial charge in [-0.2, -0.15) is 0 Å². The van der Waals surface area contributed by atoms with Crippen molar-refractivity contribution in [2.45, 2.75) is 25.8 Å². The number of hydrogen-bond acceptors (Lipinski definition) is 3. The number of carbonyl (C=O) groups is 1. The Balaban J connectivity index is 2.48. The van der Waals surface area contributed by atoms with E-state index in [1.54, 1.807) is 0 Å². The fourth-order valence-corrected chi connectivity index (χ4v) is 1.54. The van der Waals surface area contributed by atoms with Crippen molar-refractivity contribution in [3.8, 4) is 0 Å². The van der Waals surface area contributed by atoms with E-state index in [1.165, 1.54) is 0 Å². The van der Waals surface area contributed by atoms with Gasteiger partial charge in [-0.1, -0.05) is 6.92 Å². The second-order valence-corrected chi connectivity index (χ2v) is 3.30. The van der Waals surface area contributed by atoms with Crippen LogP contribution in [-0.2, 0) is 9.53 Å². The summed E-state index contributed by atoms with van der Waals surface area (Å²) in [6.45, 7) is 4.43. The number of amides is 1. The molecule has 0 aromatic heterocycles. The first-order valence-corrected chi connectivity index (χ1v) is 4.86. The van der Waals surface area contributed by atoms with E-state index in [9.17, 15) is 4.79 Å². The lowest BCUT2D eigenvalue weighted by molar-refractivity contribution is -0.139. The molecule has 1 atom stereocenters. The normalized spacial score (nSPS) is 23.2. The molecule has 1 aliphatic rings. The van der Waals surface area contributed by atoms with Gasteiger partial charge in [0.25, 0.3) is 0 Å². The van der Waals surface area contributed by atoms with Crippen molar-refractivity contribution < 1.29 is 9.53 Å². The highest BCUT2D eigenvalue weighted by molar-refractivity contribution is 5.76. The molecule has 0 bridgehead atoms. The highest BCUT2D eigenvalue weighted by Crippen LogP contribution is 2.08. The Kier molecular flexibility index (Phi) is 4.18. The quantitative estimate of drug-likeness (QED) is 0.673. The molecule has 1 saturated heterocycles. The van der Waals surface area contributed by atoms with Crippen molar-refractivity contribution in [2.24, 2.45) is 5.73 Å². The third kappa shape index (κ3) is 2.67. The molecular weight excluding hydrogens is 168 g/mol. The average Bonchev–Trinajstić information content (AvgIpc) is 2.18. The molecular formula is C9H18N2O2. The van der Waals surface area contributed by atoms with E-state index in [1.807, 2.05) is 11.8 Å². The molecule has 1 aliphatic heterocycles. The van der Waals surface area contributed by atoms with Crippen LogP contribution in [0, 0.1) is 0 Å². The van der Waals surface area contributed by atoms with Crippen LogP contribution in [0.2, 0.25) is 0 Å². The Morgan fingerprint density at radius 1 is 1.69 bits per heavy atom. The van der Waals surface area contributed by atoms with E-state index in [2.05, 4.69) is 0 Å². The molecule has 1 rings (SSSR count). The molecule has 0 saturated carbocycles. The van der Waals surface area contributed by atoms with Crippen LogP contribution in [0.25, 0.3) is 0 Å². The minimum atomic E-state index is 0.0906. The zero-order chi connectivity index (χ0) is 9.68. The van der Waals surface area contributed by atoms with Crippen molar-refractivity contribution in [3.63, 3.8) is 0 Å². The SMILES string of the molecule is CCCC(=O)N1CCOCC1CN. The topological polar surface area (TPSA) is 55.6 Å². The molecule has 4 heteroatoms. The third-order valence-corrected chi connectivity index (χ3v) is 2.28. The Bertz CT molecular complexity index is 173. The minimum absolute atomic E-state index is 0.0906. The van der Waals surface area contributed by atoms with Crippen LogP contribution in [0.15, 0.2) is 0 Å². The zero-order valence-electron chi connectivity index (χ0n) is 8.16. The second-order valence-electron chi connectivity index (χ2n) is 3.30. The van der Waals surface area contributed by atoms with Gasteiger partial charge in [-0.3, -0.25) is 4.79 Å². The molecule has 1 heterocycles. The maximum atomic E-state index is 11.6. The molecule has 0 aromatic carbocycles. The maximum absolute atomic E-state index is 11.6. The van der Waals surface area contributed by atoms with E-state index in [-0.39, 0.29) is 11.9 Å². The van der Waals surface area contributed by atoms with Crippen molar-refractivity contribution in [3.05, 3.63) is 0 Å². The van der Waals surface area contributed by atoms with Crippen LogP contribution >= 0.6 is 0 Å². The largest absolute Gasteiger partial charge is 0.377 e. The standard InChI is InChI=1S/C9H18N2O2/c1-2-3-9(12)11-4-5-13-7-8(11)6-10/h8H,2-7,10H2,1H3. The van der Waals surface area contributed by atoms with Gasteiger partial charge in [-0.15, -0.1) is 0 Å². The molecule has 1 fully saturated rings. The predicted molar refractivity (Wildman–Crippen MR) is 50.3 cm³/mol. The summed E-state index contributed by atoms with van der Waals surface area (Å²) in [5.74, 6) is 0.209. The van der Waals surface area contributed by atoms with E-state index in [0.717, 1.165) is 6.42 Å². The molecule has 0 spiro atoms. The molecule has 0 aromatic rings. The molecule has 1 unspecified atom stereocenters. The number of rotatable bonds is 3. The molecule has 2 N–H and O–H groups in total. The third-order valence-electron chi connectivity index (χ3n) is 2.28. The number of ether oxygens (including phenoxy) is 1. The summed E-state index contributed by atoms with van der Waals surface area (Å²) in [5, 5.41) is 0. The van der Waals surface area contributed by atoms with Gasteiger partial charge in [-0.05, 0) is 6.42 Å². The molecule has 76 valence electrons. The summed E-state index contributed by atoms with van der Waals surface area (Å²) in [4.78, 5) is 13.4. The van der Waals surface area contributed by atoms with Crippen molar-refractivity contribution in [1.82, 2.24) is 4.90 Å². The van der Waals surface area contributed by atoms with Gasteiger partial charge < -0.3 is 15.4 Å². The van der Waals surface area contributed by atoms with Gasteiger partial charge in [0.05, 0.1) is 19.3 Å². The van der Waals surface area contributed by atoms with E-state index < -0.39 is 0 Å². The summed E-state index contributed by atoms with van der Waals surface area (Å²) < 4.78 is 5.26. The monoisotopic (exact) mass is 186 g/mol. The molecule has 0 radical (unpaired) electrons. The smallest absolute Gasteiger partial charge is 0.223 e. The Hall–Kier alpha value is -0.610. The van der Waals surface area contributed by atoms with E-state index in [4.69, 9.17) is 10.5 Å². The minimum Gasteiger partial charge on any atom is -0.377 e. The Morgan fingerprint density at radius 3 is 3.08 bits per heavy atom. The van der Waals surface area contributed by atoms with Crippen molar-refractivity contribution >= 4 is 5.91 Å². The van der Waals surface area contributed by atoms with Crippen LogP contribution in [0.5, 0.6) is 0 Å². The number of nitrogens with zero attached hydrogens (tertiary/aromatic N) is 1. The summed E-state index contributed by atoms with van der Waals surface area (Å²) in [6, 6.07) is 0.0906. The summed E-state index contributed by atoms with van der Waals surface area (Å²) in [7, 11) is 0. The van der Waals surface area contributed by atoms with E-state index in [0.29, 0.717) is 32.7 Å². The van der Waals surface area contributed by atoms with Crippen LogP contribution in [0.1, 0.15) is 19.8 Å². The van der Waals surface area contributed by atoms with Crippen LogP contribution in [-0.4, -0.2) is 43.2 Å². The first-order chi connectivity index (χ1) is 6.29. The highest BCUT2D eigenvalue weighted by Gasteiger charge is 2.24. The Morgan fingerprint density at radius 2 is 2.46 bits per heavy atom. The number of carbonyl (C=O) groups excluding carboxylic acids is 1. The van der Waals surface area contributed by atoms with Crippen LogP contribution < -0.4 is 5.73 Å². The summed E-state index contributed by atoms with van der Waals surface area (Å²) in [5.41, 5.74) is 5.55.